The van der Waals surface area contributed by atoms with E-state index in [9.17, 15) is 8.42 Å². The first-order valence-electron chi connectivity index (χ1n) is 5.76. The number of aliphatic hydroxyl groups excluding tert-OH is 1. The van der Waals surface area contributed by atoms with Gasteiger partial charge in [0.15, 0.2) is 0 Å². The molecule has 3 N–H and O–H groups in total. The van der Waals surface area contributed by atoms with E-state index in [1.807, 2.05) is 26.0 Å². The molecule has 18 heavy (non-hydrogen) atoms. The van der Waals surface area contributed by atoms with Gasteiger partial charge in [0.05, 0.1) is 12.9 Å². The molecule has 0 aromatic heterocycles. The summed E-state index contributed by atoms with van der Waals surface area (Å²) in [6, 6.07) is 7.27. The Balaban J connectivity index is 2.70. The van der Waals surface area contributed by atoms with Crippen molar-refractivity contribution in [2.45, 2.75) is 25.9 Å². The van der Waals surface area contributed by atoms with Crippen LogP contribution in [0, 0.1) is 0 Å². The van der Waals surface area contributed by atoms with Gasteiger partial charge in [0.25, 0.3) is 0 Å². The van der Waals surface area contributed by atoms with Gasteiger partial charge in [-0.1, -0.05) is 12.1 Å². The van der Waals surface area contributed by atoms with E-state index in [1.54, 1.807) is 12.1 Å². The molecule has 1 rings (SSSR count). The maximum absolute atomic E-state index is 11.1. The molecule has 6 heteroatoms. The molecule has 0 spiro atoms. The van der Waals surface area contributed by atoms with Gasteiger partial charge < -0.3 is 10.4 Å². The summed E-state index contributed by atoms with van der Waals surface area (Å²) in [6.07, 6.45) is 1.12. The molecule has 0 radical (unpaired) electrons. The summed E-state index contributed by atoms with van der Waals surface area (Å²) in [7, 11) is -3.23. The number of hydrogen-bond acceptors (Lipinski definition) is 4. The Bertz CT molecular complexity index is 471. The van der Waals surface area contributed by atoms with E-state index < -0.39 is 10.0 Å². The van der Waals surface area contributed by atoms with Gasteiger partial charge in [-0.05, 0) is 31.5 Å². The van der Waals surface area contributed by atoms with Crippen molar-refractivity contribution >= 4 is 15.7 Å². The lowest BCUT2D eigenvalue weighted by Gasteiger charge is -2.19. The Morgan fingerprint density at radius 3 is 2.22 bits per heavy atom. The van der Waals surface area contributed by atoms with E-state index in [1.165, 1.54) is 0 Å². The zero-order valence-corrected chi connectivity index (χ0v) is 11.7. The van der Waals surface area contributed by atoms with E-state index in [4.69, 9.17) is 5.11 Å². The summed E-state index contributed by atoms with van der Waals surface area (Å²) in [4.78, 5) is 0. The van der Waals surface area contributed by atoms with Crippen LogP contribution >= 0.6 is 0 Å². The summed E-state index contributed by atoms with van der Waals surface area (Å²) in [5, 5.41) is 12.2. The van der Waals surface area contributed by atoms with Crippen LogP contribution in [0.3, 0.4) is 0 Å². The Labute approximate surface area is 108 Å². The Kier molecular flexibility index (Phi) is 5.13. The lowest BCUT2D eigenvalue weighted by Crippen LogP contribution is -2.31. The van der Waals surface area contributed by atoms with Gasteiger partial charge >= 0.3 is 0 Å². The molecule has 2 atom stereocenters. The van der Waals surface area contributed by atoms with Gasteiger partial charge in [-0.3, -0.25) is 4.72 Å². The smallest absolute Gasteiger partial charge is 0.229 e. The highest BCUT2D eigenvalue weighted by Crippen LogP contribution is 2.17. The van der Waals surface area contributed by atoms with E-state index in [0.29, 0.717) is 5.69 Å². The molecule has 0 saturated carbocycles. The van der Waals surface area contributed by atoms with Crippen LogP contribution < -0.4 is 10.0 Å². The summed E-state index contributed by atoms with van der Waals surface area (Å²) in [5.74, 6) is 0. The zero-order valence-electron chi connectivity index (χ0n) is 10.8. The Morgan fingerprint density at radius 1 is 1.22 bits per heavy atom. The topological polar surface area (TPSA) is 78.4 Å². The molecule has 1 unspecified atom stereocenters. The first-order valence-corrected chi connectivity index (χ1v) is 7.65. The van der Waals surface area contributed by atoms with Crippen LogP contribution in [-0.2, 0) is 10.0 Å². The van der Waals surface area contributed by atoms with E-state index in [2.05, 4.69) is 10.0 Å². The average Bonchev–Trinajstić information content (AvgIpc) is 2.27. The SMILES string of the molecule is CC(N[C@H](C)CO)c1ccc(NS(C)(=O)=O)cc1. The van der Waals surface area contributed by atoms with Gasteiger partial charge in [-0.2, -0.15) is 0 Å². The van der Waals surface area contributed by atoms with Crippen LogP contribution in [0.5, 0.6) is 0 Å². The normalized spacial score (nSPS) is 15.1. The minimum atomic E-state index is -3.23. The molecule has 1 aromatic carbocycles. The fraction of sp³-hybridized carbons (Fsp3) is 0.500. The second-order valence-electron chi connectivity index (χ2n) is 4.47. The van der Waals surface area contributed by atoms with Crippen molar-refractivity contribution in [1.82, 2.24) is 5.32 Å². The van der Waals surface area contributed by atoms with Gasteiger partial charge in [0.1, 0.15) is 0 Å². The maximum Gasteiger partial charge on any atom is 0.229 e. The maximum atomic E-state index is 11.1. The zero-order chi connectivity index (χ0) is 13.8. The monoisotopic (exact) mass is 272 g/mol. The molecule has 0 aliphatic rings. The molecule has 5 nitrogen and oxygen atoms in total. The predicted octanol–water partition coefficient (Wildman–Crippen LogP) is 1.09. The first kappa shape index (κ1) is 14.9. The molecule has 0 amide bonds. The predicted molar refractivity (Wildman–Crippen MR) is 73.0 cm³/mol. The second-order valence-corrected chi connectivity index (χ2v) is 6.22. The lowest BCUT2D eigenvalue weighted by molar-refractivity contribution is 0.243. The van der Waals surface area contributed by atoms with Gasteiger partial charge in [0, 0.05) is 17.8 Å². The average molecular weight is 272 g/mol. The third-order valence-corrected chi connectivity index (χ3v) is 3.13. The molecule has 0 aliphatic heterocycles. The lowest BCUT2D eigenvalue weighted by atomic mass is 10.1. The minimum absolute atomic E-state index is 0.0221. The highest BCUT2D eigenvalue weighted by atomic mass is 32.2. The number of rotatable bonds is 6. The summed E-state index contributed by atoms with van der Waals surface area (Å²) >= 11 is 0. The van der Waals surface area contributed by atoms with Crippen LogP contribution in [0.4, 0.5) is 5.69 Å². The molecule has 0 fully saturated rings. The third-order valence-electron chi connectivity index (χ3n) is 2.52. The van der Waals surface area contributed by atoms with Crippen LogP contribution in [0.15, 0.2) is 24.3 Å². The highest BCUT2D eigenvalue weighted by Gasteiger charge is 2.09. The summed E-state index contributed by atoms with van der Waals surface area (Å²) < 4.78 is 24.5. The van der Waals surface area contributed by atoms with Crippen molar-refractivity contribution in [2.75, 3.05) is 17.6 Å². The third kappa shape index (κ3) is 5.03. The van der Waals surface area contributed by atoms with Crippen molar-refractivity contribution in [3.63, 3.8) is 0 Å². The molecule has 0 saturated heterocycles. The van der Waals surface area contributed by atoms with E-state index >= 15 is 0 Å². The molecular formula is C12H20N2O3S. The largest absolute Gasteiger partial charge is 0.395 e. The number of anilines is 1. The molecule has 1 aromatic rings. The molecule has 102 valence electrons. The van der Waals surface area contributed by atoms with E-state index in [0.717, 1.165) is 11.8 Å². The van der Waals surface area contributed by atoms with Crippen molar-refractivity contribution in [3.8, 4) is 0 Å². The molecule has 0 bridgehead atoms. The molecule has 0 aliphatic carbocycles. The van der Waals surface area contributed by atoms with Gasteiger partial charge in [-0.15, -0.1) is 0 Å². The minimum Gasteiger partial charge on any atom is -0.395 e. The Hall–Kier alpha value is -1.11. The van der Waals surface area contributed by atoms with Crippen LogP contribution in [-0.4, -0.2) is 32.4 Å². The first-order chi connectivity index (χ1) is 8.31. The fourth-order valence-electron chi connectivity index (χ4n) is 1.63. The standard InChI is InChI=1S/C12H20N2O3S/c1-9(8-15)13-10(2)11-4-6-12(7-5-11)14-18(3,16)17/h4-7,9-10,13-15H,8H2,1-3H3/t9-,10?/m1/s1. The summed E-state index contributed by atoms with van der Waals surface area (Å²) in [5.41, 5.74) is 1.58. The van der Waals surface area contributed by atoms with Crippen LogP contribution in [0.1, 0.15) is 25.5 Å². The van der Waals surface area contributed by atoms with Gasteiger partial charge in [-0.25, -0.2) is 8.42 Å². The number of hydrogen-bond donors (Lipinski definition) is 3. The van der Waals surface area contributed by atoms with Crippen molar-refractivity contribution in [3.05, 3.63) is 29.8 Å². The van der Waals surface area contributed by atoms with Crippen LogP contribution in [0.25, 0.3) is 0 Å². The van der Waals surface area contributed by atoms with E-state index in [-0.39, 0.29) is 18.7 Å². The number of benzene rings is 1. The quantitative estimate of drug-likeness (QED) is 0.724. The second kappa shape index (κ2) is 6.17. The van der Waals surface area contributed by atoms with Crippen molar-refractivity contribution < 1.29 is 13.5 Å². The number of nitrogens with one attached hydrogen (secondary N) is 2. The van der Waals surface area contributed by atoms with Crippen molar-refractivity contribution in [1.29, 1.82) is 0 Å². The number of sulfonamides is 1. The molecule has 0 heterocycles. The summed E-state index contributed by atoms with van der Waals surface area (Å²) in [6.45, 7) is 3.97. The van der Waals surface area contributed by atoms with Crippen molar-refractivity contribution in [2.24, 2.45) is 0 Å². The highest BCUT2D eigenvalue weighted by molar-refractivity contribution is 7.92. The van der Waals surface area contributed by atoms with Crippen LogP contribution in [0.2, 0.25) is 0 Å². The Morgan fingerprint density at radius 2 is 1.78 bits per heavy atom. The molecular weight excluding hydrogens is 252 g/mol. The number of aliphatic hydroxyl groups is 1. The fourth-order valence-corrected chi connectivity index (χ4v) is 2.19. The van der Waals surface area contributed by atoms with Gasteiger partial charge in [0.2, 0.25) is 10.0 Å².